The lowest BCUT2D eigenvalue weighted by molar-refractivity contribution is 0.0806. The number of carbonyl (C=O) groups excluding carboxylic acids is 1. The molecule has 1 aliphatic heterocycles. The fourth-order valence-electron chi connectivity index (χ4n) is 5.15. The Balaban J connectivity index is 1.31. The molecule has 0 unspecified atom stereocenters. The van der Waals surface area contributed by atoms with E-state index in [9.17, 15) is 23.2 Å². The zero-order valence-electron chi connectivity index (χ0n) is 21.7. The fraction of sp³-hybridized carbons (Fsp3) is 0.233. The van der Waals surface area contributed by atoms with Crippen molar-refractivity contribution in [3.63, 3.8) is 0 Å². The Hall–Kier alpha value is -4.41. The van der Waals surface area contributed by atoms with Crippen LogP contribution in [0.1, 0.15) is 33.1 Å². The number of halogens is 2. The lowest BCUT2D eigenvalue weighted by atomic mass is 9.96. The van der Waals surface area contributed by atoms with Crippen LogP contribution in [-0.2, 0) is 6.54 Å². The van der Waals surface area contributed by atoms with E-state index in [1.54, 1.807) is 24.3 Å². The zero-order chi connectivity index (χ0) is 28.2. The lowest BCUT2D eigenvalue weighted by Gasteiger charge is -2.39. The highest BCUT2D eigenvalue weighted by Crippen LogP contribution is 2.30. The minimum absolute atomic E-state index is 0.0393. The van der Waals surface area contributed by atoms with Gasteiger partial charge in [0.2, 0.25) is 0 Å². The van der Waals surface area contributed by atoms with Crippen molar-refractivity contribution in [2.75, 3.05) is 38.5 Å². The van der Waals surface area contributed by atoms with Crippen LogP contribution < -0.4 is 17.0 Å². The average Bonchev–Trinajstić information content (AvgIpc) is 2.94. The van der Waals surface area contributed by atoms with Crippen molar-refractivity contribution < 1.29 is 13.6 Å². The summed E-state index contributed by atoms with van der Waals surface area (Å²) in [5.74, 6) is -1.31. The first kappa shape index (κ1) is 27.2. The molecule has 0 aliphatic carbocycles. The summed E-state index contributed by atoms with van der Waals surface area (Å²) in [4.78, 5) is 44.7. The third kappa shape index (κ3) is 5.93. The van der Waals surface area contributed by atoms with Crippen molar-refractivity contribution in [1.29, 1.82) is 0 Å². The predicted octanol–water partition coefficient (Wildman–Crippen LogP) is 3.04. The van der Waals surface area contributed by atoms with E-state index in [0.29, 0.717) is 26.2 Å². The highest BCUT2D eigenvalue weighted by molar-refractivity contribution is 6.01. The topological polar surface area (TPSA) is 104 Å². The van der Waals surface area contributed by atoms with Gasteiger partial charge in [-0.05, 0) is 41.0 Å². The summed E-state index contributed by atoms with van der Waals surface area (Å²) in [6.07, 6.45) is 0. The Morgan fingerprint density at radius 3 is 1.93 bits per heavy atom. The van der Waals surface area contributed by atoms with Gasteiger partial charge in [-0.2, -0.15) is 0 Å². The van der Waals surface area contributed by atoms with Crippen LogP contribution in [-0.4, -0.2) is 57.9 Å². The van der Waals surface area contributed by atoms with Crippen LogP contribution in [0.4, 0.5) is 14.6 Å². The molecule has 3 aromatic carbocycles. The quantitative estimate of drug-likeness (QED) is 0.330. The maximum atomic E-state index is 13.6. The Morgan fingerprint density at radius 1 is 0.825 bits per heavy atom. The van der Waals surface area contributed by atoms with Crippen LogP contribution >= 0.6 is 0 Å². The molecule has 0 atom stereocenters. The molecule has 8 nitrogen and oxygen atoms in total. The largest absolute Gasteiger partial charge is 0.384 e. The SMILES string of the molecule is Nc1c(C(=O)CN2CCN(C(c3ccc(F)cc3)c3ccc(F)cc3)CC2)c(=O)[nH]c(=O)n1Cc1ccccc1. The molecule has 1 aliphatic rings. The number of nitrogens with zero attached hydrogens (tertiary/aromatic N) is 3. The number of anilines is 1. The number of hydrogen-bond acceptors (Lipinski definition) is 6. The number of ketones is 1. The van der Waals surface area contributed by atoms with E-state index in [1.807, 2.05) is 35.2 Å². The third-order valence-electron chi connectivity index (χ3n) is 7.21. The van der Waals surface area contributed by atoms with Crippen LogP contribution in [0, 0.1) is 11.6 Å². The molecule has 0 bridgehead atoms. The monoisotopic (exact) mass is 545 g/mol. The van der Waals surface area contributed by atoms with Crippen molar-refractivity contribution in [3.05, 3.63) is 134 Å². The van der Waals surface area contributed by atoms with Crippen LogP contribution in [0.25, 0.3) is 0 Å². The molecule has 206 valence electrons. The number of rotatable bonds is 8. The highest BCUT2D eigenvalue weighted by atomic mass is 19.1. The molecule has 0 radical (unpaired) electrons. The summed E-state index contributed by atoms with van der Waals surface area (Å²) in [5.41, 5.74) is 7.03. The van der Waals surface area contributed by atoms with Gasteiger partial charge in [-0.3, -0.25) is 28.9 Å². The standard InChI is InChI=1S/C30H29F2N5O3/c31-23-10-6-21(7-11-23)27(22-8-12-24(32)13-9-22)36-16-14-35(15-17-36)19-25(38)26-28(33)37(30(40)34-29(26)39)18-20-4-2-1-3-5-20/h1-13,27H,14-19,33H2,(H,34,39,40). The molecule has 5 rings (SSSR count). The van der Waals surface area contributed by atoms with E-state index in [4.69, 9.17) is 5.73 Å². The Labute approximate surface area is 229 Å². The zero-order valence-corrected chi connectivity index (χ0v) is 21.7. The Bertz CT molecular complexity index is 1550. The molecular formula is C30H29F2N5O3. The van der Waals surface area contributed by atoms with Crippen molar-refractivity contribution in [2.24, 2.45) is 0 Å². The second kappa shape index (κ2) is 11.8. The van der Waals surface area contributed by atoms with Crippen molar-refractivity contribution in [2.45, 2.75) is 12.6 Å². The predicted molar refractivity (Wildman–Crippen MR) is 148 cm³/mol. The van der Waals surface area contributed by atoms with E-state index in [2.05, 4.69) is 9.88 Å². The molecule has 40 heavy (non-hydrogen) atoms. The van der Waals surface area contributed by atoms with Gasteiger partial charge >= 0.3 is 5.69 Å². The van der Waals surface area contributed by atoms with E-state index in [1.165, 1.54) is 28.8 Å². The minimum atomic E-state index is -0.803. The fourth-order valence-corrected chi connectivity index (χ4v) is 5.15. The number of Topliss-reactive ketones (excluding diaryl/α,β-unsaturated/α-hetero) is 1. The van der Waals surface area contributed by atoms with Crippen LogP contribution in [0.3, 0.4) is 0 Å². The van der Waals surface area contributed by atoms with Gasteiger partial charge in [0.25, 0.3) is 5.56 Å². The molecular weight excluding hydrogens is 516 g/mol. The van der Waals surface area contributed by atoms with E-state index in [-0.39, 0.29) is 42.1 Å². The maximum Gasteiger partial charge on any atom is 0.330 e. The number of piperazine rings is 1. The van der Waals surface area contributed by atoms with Crippen LogP contribution in [0.5, 0.6) is 0 Å². The van der Waals surface area contributed by atoms with Gasteiger partial charge in [0.15, 0.2) is 5.78 Å². The number of aromatic nitrogens is 2. The molecule has 0 saturated carbocycles. The number of hydrogen-bond donors (Lipinski definition) is 2. The number of nitrogens with two attached hydrogens (primary N) is 1. The van der Waals surface area contributed by atoms with Crippen LogP contribution in [0.15, 0.2) is 88.5 Å². The summed E-state index contributed by atoms with van der Waals surface area (Å²) < 4.78 is 28.4. The number of nitrogen functional groups attached to an aromatic ring is 1. The smallest absolute Gasteiger partial charge is 0.330 e. The molecule has 2 heterocycles. The van der Waals surface area contributed by atoms with Crippen LogP contribution in [0.2, 0.25) is 0 Å². The number of H-pyrrole nitrogens is 1. The molecule has 0 amide bonds. The summed E-state index contributed by atoms with van der Waals surface area (Å²) in [7, 11) is 0. The van der Waals surface area contributed by atoms with E-state index >= 15 is 0 Å². The Kier molecular flexibility index (Phi) is 7.99. The van der Waals surface area contributed by atoms with Gasteiger partial charge < -0.3 is 5.73 Å². The van der Waals surface area contributed by atoms with Gasteiger partial charge in [0, 0.05) is 26.2 Å². The summed E-state index contributed by atoms with van der Waals surface area (Å²) in [6.45, 7) is 2.27. The normalized spacial score (nSPS) is 14.5. The van der Waals surface area contributed by atoms with Gasteiger partial charge in [-0.15, -0.1) is 0 Å². The summed E-state index contributed by atoms with van der Waals surface area (Å²) in [5, 5.41) is 0. The summed E-state index contributed by atoms with van der Waals surface area (Å²) in [6, 6.07) is 21.4. The second-order valence-electron chi connectivity index (χ2n) is 9.83. The molecule has 1 fully saturated rings. The first-order valence-corrected chi connectivity index (χ1v) is 13.0. The second-order valence-corrected chi connectivity index (χ2v) is 9.83. The summed E-state index contributed by atoms with van der Waals surface area (Å²) >= 11 is 0. The number of carbonyl (C=O) groups is 1. The molecule has 0 spiro atoms. The number of benzene rings is 3. The molecule has 1 aromatic heterocycles. The molecule has 4 aromatic rings. The maximum absolute atomic E-state index is 13.6. The van der Waals surface area contributed by atoms with Crippen molar-refractivity contribution >= 4 is 11.6 Å². The van der Waals surface area contributed by atoms with Gasteiger partial charge in [0.05, 0.1) is 19.1 Å². The molecule has 1 saturated heterocycles. The molecule has 3 N–H and O–H groups in total. The molecule has 10 heteroatoms. The number of aromatic amines is 1. The van der Waals surface area contributed by atoms with Gasteiger partial charge in [-0.25, -0.2) is 13.6 Å². The van der Waals surface area contributed by atoms with Gasteiger partial charge in [-0.1, -0.05) is 54.6 Å². The first-order chi connectivity index (χ1) is 19.3. The lowest BCUT2D eigenvalue weighted by Crippen LogP contribution is -2.49. The van der Waals surface area contributed by atoms with E-state index in [0.717, 1.165) is 16.7 Å². The van der Waals surface area contributed by atoms with Crippen molar-refractivity contribution in [1.82, 2.24) is 19.4 Å². The first-order valence-electron chi connectivity index (χ1n) is 13.0. The Morgan fingerprint density at radius 2 is 1.38 bits per heavy atom. The van der Waals surface area contributed by atoms with E-state index < -0.39 is 17.0 Å². The highest BCUT2D eigenvalue weighted by Gasteiger charge is 2.29. The van der Waals surface area contributed by atoms with Gasteiger partial charge in [0.1, 0.15) is 23.0 Å². The average molecular weight is 546 g/mol. The minimum Gasteiger partial charge on any atom is -0.384 e. The third-order valence-corrected chi connectivity index (χ3v) is 7.21. The number of nitrogens with one attached hydrogen (secondary N) is 1. The van der Waals surface area contributed by atoms with Crippen molar-refractivity contribution in [3.8, 4) is 0 Å².